The number of hydrogen-bond acceptors (Lipinski definition) is 5. The summed E-state index contributed by atoms with van der Waals surface area (Å²) in [6.07, 6.45) is 0.142. The second-order valence-corrected chi connectivity index (χ2v) is 6.24. The number of thioether (sulfide) groups is 1. The van der Waals surface area contributed by atoms with Gasteiger partial charge in [0.05, 0.1) is 5.75 Å². The molecule has 1 aliphatic rings. The Bertz CT molecular complexity index is 617. The van der Waals surface area contributed by atoms with Gasteiger partial charge in [-0.3, -0.25) is 24.1 Å². The Morgan fingerprint density at radius 2 is 1.87 bits per heavy atom. The number of imide groups is 1. The molecule has 0 atom stereocenters. The first-order valence-electron chi connectivity index (χ1n) is 7.00. The SMILES string of the molecule is O=C(CCC(=O)c1ccc(Cl)cc1)NCCN1C(=O)CSC1=O. The van der Waals surface area contributed by atoms with Crippen LogP contribution in [0.5, 0.6) is 0 Å². The maximum Gasteiger partial charge on any atom is 0.288 e. The number of carbonyl (C=O) groups is 4. The van der Waals surface area contributed by atoms with Gasteiger partial charge in [-0.2, -0.15) is 0 Å². The van der Waals surface area contributed by atoms with E-state index in [1.807, 2.05) is 0 Å². The molecular weight excluding hydrogens is 340 g/mol. The first-order chi connectivity index (χ1) is 11.0. The number of nitrogens with one attached hydrogen (secondary N) is 1. The summed E-state index contributed by atoms with van der Waals surface area (Å²) >= 11 is 6.70. The molecule has 23 heavy (non-hydrogen) atoms. The van der Waals surface area contributed by atoms with Crippen molar-refractivity contribution in [2.45, 2.75) is 12.8 Å². The standard InChI is InChI=1S/C15H15ClN2O4S/c16-11-3-1-10(2-4-11)12(19)5-6-13(20)17-7-8-18-14(21)9-23-15(18)22/h1-4H,5-9H2,(H,17,20). The van der Waals surface area contributed by atoms with Crippen molar-refractivity contribution < 1.29 is 19.2 Å². The van der Waals surface area contributed by atoms with Gasteiger partial charge in [-0.15, -0.1) is 0 Å². The summed E-state index contributed by atoms with van der Waals surface area (Å²) in [5, 5.41) is 2.85. The molecule has 1 N–H and O–H groups in total. The fourth-order valence-electron chi connectivity index (χ4n) is 2.00. The summed E-state index contributed by atoms with van der Waals surface area (Å²) in [6.45, 7) is 0.341. The smallest absolute Gasteiger partial charge is 0.288 e. The number of nitrogens with zero attached hydrogens (tertiary/aromatic N) is 1. The highest BCUT2D eigenvalue weighted by atomic mass is 35.5. The molecule has 1 aromatic carbocycles. The summed E-state index contributed by atoms with van der Waals surface area (Å²) in [5.41, 5.74) is 0.507. The highest BCUT2D eigenvalue weighted by Crippen LogP contribution is 2.17. The van der Waals surface area contributed by atoms with Crippen molar-refractivity contribution in [2.24, 2.45) is 0 Å². The number of hydrogen-bond donors (Lipinski definition) is 1. The van der Waals surface area contributed by atoms with Gasteiger partial charge >= 0.3 is 0 Å². The molecule has 1 aromatic rings. The van der Waals surface area contributed by atoms with Crippen molar-refractivity contribution in [1.29, 1.82) is 0 Å². The Morgan fingerprint density at radius 3 is 2.48 bits per heavy atom. The number of carbonyl (C=O) groups excluding carboxylic acids is 4. The molecule has 0 unspecified atom stereocenters. The molecule has 0 radical (unpaired) electrons. The van der Waals surface area contributed by atoms with Gasteiger partial charge in [0.2, 0.25) is 11.8 Å². The van der Waals surface area contributed by atoms with E-state index in [2.05, 4.69) is 5.32 Å². The van der Waals surface area contributed by atoms with Crippen molar-refractivity contribution in [1.82, 2.24) is 10.2 Å². The zero-order valence-corrected chi connectivity index (χ0v) is 13.8. The third-order valence-corrected chi connectivity index (χ3v) is 4.35. The second-order valence-electron chi connectivity index (χ2n) is 4.88. The number of rotatable bonds is 7. The lowest BCUT2D eigenvalue weighted by atomic mass is 10.1. The van der Waals surface area contributed by atoms with Gasteiger partial charge in [0.1, 0.15) is 0 Å². The van der Waals surface area contributed by atoms with E-state index in [4.69, 9.17) is 11.6 Å². The van der Waals surface area contributed by atoms with Crippen molar-refractivity contribution in [3.8, 4) is 0 Å². The van der Waals surface area contributed by atoms with Crippen LogP contribution in [0.2, 0.25) is 5.02 Å². The first kappa shape index (κ1) is 17.5. The molecule has 6 nitrogen and oxygen atoms in total. The molecule has 0 bridgehead atoms. The number of benzene rings is 1. The predicted molar refractivity (Wildman–Crippen MR) is 87.6 cm³/mol. The number of halogens is 1. The van der Waals surface area contributed by atoms with Gasteiger partial charge < -0.3 is 5.32 Å². The van der Waals surface area contributed by atoms with E-state index < -0.39 is 0 Å². The molecule has 0 spiro atoms. The molecule has 0 saturated carbocycles. The summed E-state index contributed by atoms with van der Waals surface area (Å²) in [4.78, 5) is 47.4. The molecule has 0 aliphatic carbocycles. The number of ketones is 1. The van der Waals surface area contributed by atoms with Crippen molar-refractivity contribution in [2.75, 3.05) is 18.8 Å². The quantitative estimate of drug-likeness (QED) is 0.758. The molecule has 1 fully saturated rings. The summed E-state index contributed by atoms with van der Waals surface area (Å²) in [7, 11) is 0. The largest absolute Gasteiger partial charge is 0.354 e. The minimum Gasteiger partial charge on any atom is -0.354 e. The average Bonchev–Trinajstić information content (AvgIpc) is 2.85. The maximum absolute atomic E-state index is 11.9. The minimum absolute atomic E-state index is 0.0537. The van der Waals surface area contributed by atoms with Crippen LogP contribution >= 0.6 is 23.4 Å². The topological polar surface area (TPSA) is 83.6 Å². The summed E-state index contributed by atoms with van der Waals surface area (Å²) in [5.74, 6) is -0.521. The van der Waals surface area contributed by atoms with Gasteiger partial charge in [-0.05, 0) is 24.3 Å². The predicted octanol–water partition coefficient (Wildman–Crippen LogP) is 2.11. The van der Waals surface area contributed by atoms with E-state index >= 15 is 0 Å². The average molecular weight is 355 g/mol. The Labute approximate surface area is 142 Å². The zero-order chi connectivity index (χ0) is 16.8. The van der Waals surface area contributed by atoms with Gasteiger partial charge in [0, 0.05) is 36.5 Å². The van der Waals surface area contributed by atoms with Crippen molar-refractivity contribution >= 4 is 46.2 Å². The monoisotopic (exact) mass is 354 g/mol. The highest BCUT2D eigenvalue weighted by molar-refractivity contribution is 8.14. The van der Waals surface area contributed by atoms with E-state index in [-0.39, 0.29) is 54.5 Å². The molecule has 1 heterocycles. The van der Waals surface area contributed by atoms with E-state index in [1.54, 1.807) is 24.3 Å². The normalized spacial score (nSPS) is 14.2. The molecule has 122 valence electrons. The van der Waals surface area contributed by atoms with Crippen LogP contribution in [0.1, 0.15) is 23.2 Å². The van der Waals surface area contributed by atoms with Crippen LogP contribution in [0.25, 0.3) is 0 Å². The molecule has 3 amide bonds. The van der Waals surface area contributed by atoms with E-state index in [0.29, 0.717) is 10.6 Å². The molecule has 1 aliphatic heterocycles. The van der Waals surface area contributed by atoms with Crippen LogP contribution in [-0.4, -0.2) is 46.6 Å². The fourth-order valence-corrected chi connectivity index (χ4v) is 2.88. The van der Waals surface area contributed by atoms with Gasteiger partial charge in [0.25, 0.3) is 5.24 Å². The van der Waals surface area contributed by atoms with Crippen LogP contribution in [0.4, 0.5) is 4.79 Å². The Morgan fingerprint density at radius 1 is 1.17 bits per heavy atom. The lowest BCUT2D eigenvalue weighted by molar-refractivity contribution is -0.125. The van der Waals surface area contributed by atoms with E-state index in [0.717, 1.165) is 16.7 Å². The minimum atomic E-state index is -0.293. The van der Waals surface area contributed by atoms with Gasteiger partial charge in [0.15, 0.2) is 5.78 Å². The first-order valence-corrected chi connectivity index (χ1v) is 8.36. The van der Waals surface area contributed by atoms with E-state index in [1.165, 1.54) is 0 Å². The lowest BCUT2D eigenvalue weighted by Crippen LogP contribution is -2.37. The van der Waals surface area contributed by atoms with Crippen LogP contribution in [-0.2, 0) is 9.59 Å². The Kier molecular flexibility index (Phi) is 6.18. The van der Waals surface area contributed by atoms with Gasteiger partial charge in [-0.25, -0.2) is 0 Å². The highest BCUT2D eigenvalue weighted by Gasteiger charge is 2.29. The van der Waals surface area contributed by atoms with Crippen LogP contribution in [0, 0.1) is 0 Å². The van der Waals surface area contributed by atoms with Crippen LogP contribution in [0.15, 0.2) is 24.3 Å². The Hall–Kier alpha value is -1.86. The Balaban J connectivity index is 1.69. The van der Waals surface area contributed by atoms with Gasteiger partial charge in [-0.1, -0.05) is 23.4 Å². The number of Topliss-reactive ketones (excluding diaryl/α,β-unsaturated/α-hetero) is 1. The third-order valence-electron chi connectivity index (χ3n) is 3.24. The van der Waals surface area contributed by atoms with Crippen LogP contribution in [0.3, 0.4) is 0 Å². The van der Waals surface area contributed by atoms with Crippen molar-refractivity contribution in [3.05, 3.63) is 34.9 Å². The molecule has 0 aromatic heterocycles. The molecule has 1 saturated heterocycles. The zero-order valence-electron chi connectivity index (χ0n) is 12.2. The maximum atomic E-state index is 11.9. The van der Waals surface area contributed by atoms with Crippen LogP contribution < -0.4 is 5.32 Å². The summed E-state index contributed by atoms with van der Waals surface area (Å²) in [6, 6.07) is 6.48. The summed E-state index contributed by atoms with van der Waals surface area (Å²) < 4.78 is 0. The molecule has 2 rings (SSSR count). The van der Waals surface area contributed by atoms with Crippen molar-refractivity contribution in [3.63, 3.8) is 0 Å². The fraction of sp³-hybridized carbons (Fsp3) is 0.333. The number of amides is 3. The molecule has 8 heteroatoms. The molecular formula is C15H15ClN2O4S. The third kappa shape index (κ3) is 5.07. The van der Waals surface area contributed by atoms with E-state index in [9.17, 15) is 19.2 Å². The lowest BCUT2D eigenvalue weighted by Gasteiger charge is -2.13. The second kappa shape index (κ2) is 8.12.